The van der Waals surface area contributed by atoms with Crippen LogP contribution in [0.1, 0.15) is 34.0 Å². The summed E-state index contributed by atoms with van der Waals surface area (Å²) in [5.74, 6) is -0.855. The molecule has 0 bridgehead atoms. The summed E-state index contributed by atoms with van der Waals surface area (Å²) >= 11 is 1.40. The number of nitrogens with zero attached hydrogens (tertiary/aromatic N) is 1. The normalized spacial score (nSPS) is 15.9. The average Bonchev–Trinajstić information content (AvgIpc) is 3.21. The van der Waals surface area contributed by atoms with Crippen molar-refractivity contribution in [3.05, 3.63) is 28.8 Å². The third kappa shape index (κ3) is 2.88. The summed E-state index contributed by atoms with van der Waals surface area (Å²) in [4.78, 5) is 27.5. The molecule has 7 heteroatoms. The van der Waals surface area contributed by atoms with Crippen LogP contribution in [-0.4, -0.2) is 34.6 Å². The highest BCUT2D eigenvalue weighted by Crippen LogP contribution is 2.44. The zero-order chi connectivity index (χ0) is 15.0. The number of pyridine rings is 1. The maximum atomic E-state index is 12.1. The van der Waals surface area contributed by atoms with Crippen molar-refractivity contribution >= 4 is 33.4 Å². The summed E-state index contributed by atoms with van der Waals surface area (Å²) in [6.07, 6.45) is 4.14. The van der Waals surface area contributed by atoms with Crippen LogP contribution in [0.3, 0.4) is 0 Å². The summed E-state index contributed by atoms with van der Waals surface area (Å²) in [7, 11) is 0. The number of fused-ring (bicyclic) bond motifs is 1. The largest absolute Gasteiger partial charge is 0.480 e. The van der Waals surface area contributed by atoms with E-state index in [1.165, 1.54) is 29.7 Å². The van der Waals surface area contributed by atoms with Gasteiger partial charge in [-0.3, -0.25) is 14.6 Å². The standard InChI is InChI=1S/C14H15N3O3S/c15-9(14(19)20)6-17-13(18)11-5-10-12(21-11)8(3-4-16-10)7-1-2-7/h3-5,7,9H,1-2,6,15H2,(H,17,18)(H,19,20)/t9-/m1/s1. The first kappa shape index (κ1) is 14.0. The van der Waals surface area contributed by atoms with Crippen LogP contribution in [0.15, 0.2) is 18.3 Å². The van der Waals surface area contributed by atoms with E-state index in [2.05, 4.69) is 10.3 Å². The summed E-state index contributed by atoms with van der Waals surface area (Å²) < 4.78 is 1.05. The van der Waals surface area contributed by atoms with Crippen LogP contribution < -0.4 is 11.1 Å². The van der Waals surface area contributed by atoms with Crippen molar-refractivity contribution in [1.82, 2.24) is 10.3 Å². The van der Waals surface area contributed by atoms with Crippen molar-refractivity contribution in [1.29, 1.82) is 0 Å². The topological polar surface area (TPSA) is 105 Å². The third-order valence-corrected chi connectivity index (χ3v) is 4.66. The van der Waals surface area contributed by atoms with Gasteiger partial charge in [0.15, 0.2) is 0 Å². The van der Waals surface area contributed by atoms with E-state index in [9.17, 15) is 9.59 Å². The molecule has 0 unspecified atom stereocenters. The lowest BCUT2D eigenvalue weighted by Gasteiger charge is -2.06. The van der Waals surface area contributed by atoms with Gasteiger partial charge in [0.25, 0.3) is 5.91 Å². The van der Waals surface area contributed by atoms with Gasteiger partial charge in [0.1, 0.15) is 6.04 Å². The quantitative estimate of drug-likeness (QED) is 0.772. The molecule has 2 heterocycles. The van der Waals surface area contributed by atoms with E-state index >= 15 is 0 Å². The molecule has 110 valence electrons. The molecule has 1 amide bonds. The molecule has 1 aliphatic rings. The molecule has 2 aromatic rings. The van der Waals surface area contributed by atoms with E-state index in [1.807, 2.05) is 6.07 Å². The van der Waals surface area contributed by atoms with E-state index in [-0.39, 0.29) is 12.5 Å². The lowest BCUT2D eigenvalue weighted by Crippen LogP contribution is -2.42. The first-order chi connectivity index (χ1) is 10.1. The number of nitrogens with two attached hydrogens (primary N) is 1. The van der Waals surface area contributed by atoms with Gasteiger partial charge in [-0.2, -0.15) is 0 Å². The number of amides is 1. The smallest absolute Gasteiger partial charge is 0.322 e. The van der Waals surface area contributed by atoms with Gasteiger partial charge in [-0.25, -0.2) is 0 Å². The minimum atomic E-state index is -1.13. The fourth-order valence-corrected chi connectivity index (χ4v) is 3.29. The number of carbonyl (C=O) groups is 2. The molecule has 4 N–H and O–H groups in total. The first-order valence-electron chi connectivity index (χ1n) is 6.71. The van der Waals surface area contributed by atoms with Crippen LogP contribution in [0, 0.1) is 0 Å². The molecular weight excluding hydrogens is 290 g/mol. The number of thiophene rings is 1. The zero-order valence-corrected chi connectivity index (χ0v) is 12.0. The fraction of sp³-hybridized carbons (Fsp3) is 0.357. The number of carbonyl (C=O) groups excluding carboxylic acids is 1. The molecule has 21 heavy (non-hydrogen) atoms. The Morgan fingerprint density at radius 1 is 1.52 bits per heavy atom. The maximum Gasteiger partial charge on any atom is 0.322 e. The van der Waals surface area contributed by atoms with E-state index < -0.39 is 12.0 Å². The fourth-order valence-electron chi connectivity index (χ4n) is 2.16. The molecule has 0 saturated heterocycles. The Hall–Kier alpha value is -1.99. The van der Waals surface area contributed by atoms with Gasteiger partial charge >= 0.3 is 5.97 Å². The molecular formula is C14H15N3O3S. The number of hydrogen-bond donors (Lipinski definition) is 3. The number of hydrogen-bond acceptors (Lipinski definition) is 5. The molecule has 1 saturated carbocycles. The minimum absolute atomic E-state index is 0.0919. The summed E-state index contributed by atoms with van der Waals surface area (Å²) in [6, 6.07) is 2.66. The molecule has 1 atom stereocenters. The Morgan fingerprint density at radius 2 is 2.29 bits per heavy atom. The SMILES string of the molecule is N[C@H](CNC(=O)c1cc2nccc(C3CC3)c2s1)C(=O)O. The van der Waals surface area contributed by atoms with Crippen LogP contribution in [0.25, 0.3) is 10.2 Å². The van der Waals surface area contributed by atoms with Crippen molar-refractivity contribution in [3.8, 4) is 0 Å². The van der Waals surface area contributed by atoms with E-state index in [4.69, 9.17) is 10.8 Å². The predicted molar refractivity (Wildman–Crippen MR) is 79.5 cm³/mol. The Kier molecular flexibility index (Phi) is 3.60. The average molecular weight is 305 g/mol. The second-order valence-electron chi connectivity index (χ2n) is 5.15. The van der Waals surface area contributed by atoms with Crippen LogP contribution in [0.2, 0.25) is 0 Å². The predicted octanol–water partition coefficient (Wildman–Crippen LogP) is 1.32. The van der Waals surface area contributed by atoms with E-state index in [0.717, 1.165) is 10.2 Å². The van der Waals surface area contributed by atoms with E-state index in [1.54, 1.807) is 12.3 Å². The highest BCUT2D eigenvalue weighted by molar-refractivity contribution is 7.21. The van der Waals surface area contributed by atoms with Gasteiger partial charge in [-0.1, -0.05) is 0 Å². The lowest BCUT2D eigenvalue weighted by molar-refractivity contribution is -0.138. The molecule has 3 rings (SSSR count). The third-order valence-electron chi connectivity index (χ3n) is 3.48. The van der Waals surface area contributed by atoms with Crippen molar-refractivity contribution in [2.75, 3.05) is 6.54 Å². The first-order valence-corrected chi connectivity index (χ1v) is 7.53. The second-order valence-corrected chi connectivity index (χ2v) is 6.21. The van der Waals surface area contributed by atoms with Gasteiger partial charge in [0.2, 0.25) is 0 Å². The van der Waals surface area contributed by atoms with Crippen molar-refractivity contribution < 1.29 is 14.7 Å². The number of nitrogens with one attached hydrogen (secondary N) is 1. The monoisotopic (exact) mass is 305 g/mol. The molecule has 6 nitrogen and oxygen atoms in total. The molecule has 0 spiro atoms. The van der Waals surface area contributed by atoms with Gasteiger partial charge in [-0.05, 0) is 36.5 Å². The Labute approximate surface area is 125 Å². The molecule has 1 aliphatic carbocycles. The second kappa shape index (κ2) is 5.42. The van der Waals surface area contributed by atoms with Crippen LogP contribution in [0.5, 0.6) is 0 Å². The number of rotatable bonds is 5. The molecule has 0 aromatic carbocycles. The molecule has 0 aliphatic heterocycles. The van der Waals surface area contributed by atoms with Crippen molar-refractivity contribution in [2.24, 2.45) is 5.73 Å². The summed E-state index contributed by atoms with van der Waals surface area (Å²) in [5, 5.41) is 11.2. The zero-order valence-electron chi connectivity index (χ0n) is 11.2. The Balaban J connectivity index is 1.79. The molecule has 2 aromatic heterocycles. The van der Waals surface area contributed by atoms with Gasteiger partial charge in [0.05, 0.1) is 15.1 Å². The maximum absolute atomic E-state index is 12.1. The van der Waals surface area contributed by atoms with Crippen LogP contribution in [0.4, 0.5) is 0 Å². The Bertz CT molecular complexity index is 709. The lowest BCUT2D eigenvalue weighted by atomic mass is 10.1. The summed E-state index contributed by atoms with van der Waals surface area (Å²) in [6.45, 7) is -0.0919. The van der Waals surface area contributed by atoms with E-state index in [0.29, 0.717) is 10.8 Å². The highest BCUT2D eigenvalue weighted by atomic mass is 32.1. The molecule has 0 radical (unpaired) electrons. The minimum Gasteiger partial charge on any atom is -0.480 e. The van der Waals surface area contributed by atoms with Crippen LogP contribution >= 0.6 is 11.3 Å². The number of carboxylic acids is 1. The van der Waals surface area contributed by atoms with Gasteiger partial charge in [0, 0.05) is 12.7 Å². The summed E-state index contributed by atoms with van der Waals surface area (Å²) in [5.41, 5.74) is 7.44. The van der Waals surface area contributed by atoms with Crippen molar-refractivity contribution in [2.45, 2.75) is 24.8 Å². The van der Waals surface area contributed by atoms with Gasteiger partial charge in [-0.15, -0.1) is 11.3 Å². The van der Waals surface area contributed by atoms with Crippen LogP contribution in [-0.2, 0) is 4.79 Å². The number of aliphatic carboxylic acids is 1. The molecule has 1 fully saturated rings. The Morgan fingerprint density at radius 3 is 2.95 bits per heavy atom. The highest BCUT2D eigenvalue weighted by Gasteiger charge is 2.27. The number of aromatic nitrogens is 1. The number of carboxylic acid groups (broad SMARTS) is 1. The van der Waals surface area contributed by atoms with Crippen molar-refractivity contribution in [3.63, 3.8) is 0 Å². The van der Waals surface area contributed by atoms with Gasteiger partial charge < -0.3 is 16.2 Å².